The largest absolute Gasteiger partial charge is 0.339 e. The Hall–Kier alpha value is -1.07. The fourth-order valence-electron chi connectivity index (χ4n) is 6.02. The minimum atomic E-state index is -0.348. The molecule has 1 amide bonds. The highest BCUT2D eigenvalue weighted by Gasteiger charge is 2.53. The highest BCUT2D eigenvalue weighted by atomic mass is 79.9. The van der Waals surface area contributed by atoms with E-state index < -0.39 is 0 Å². The third kappa shape index (κ3) is 4.29. The molecule has 0 unspecified atom stereocenters. The van der Waals surface area contributed by atoms with Gasteiger partial charge in [0, 0.05) is 36.7 Å². The molecule has 0 radical (unpaired) electrons. The first-order chi connectivity index (χ1) is 14.5. The van der Waals surface area contributed by atoms with Crippen molar-refractivity contribution in [2.24, 2.45) is 11.8 Å². The Labute approximate surface area is 191 Å². The number of anilines is 1. The molecule has 3 aliphatic rings. The second-order valence-electron chi connectivity index (χ2n) is 9.90. The van der Waals surface area contributed by atoms with Gasteiger partial charge in [0.05, 0.1) is 6.67 Å². The summed E-state index contributed by atoms with van der Waals surface area (Å²) in [5.41, 5.74) is 0.845. The minimum absolute atomic E-state index is 0.348. The monoisotopic (exact) mass is 475 g/mol. The van der Waals surface area contributed by atoms with Crippen molar-refractivity contribution < 1.29 is 4.79 Å². The molecule has 2 aliphatic heterocycles. The van der Waals surface area contributed by atoms with E-state index in [1.54, 1.807) is 0 Å². The fraction of sp³-hybridized carbons (Fsp3) is 0.720. The predicted molar refractivity (Wildman–Crippen MR) is 128 cm³/mol. The first-order valence-corrected chi connectivity index (χ1v) is 13.1. The number of para-hydroxylation sites is 1. The number of nitrogens with zero attached hydrogens (tertiary/aromatic N) is 3. The molecule has 0 bridgehead atoms. The molecule has 1 spiro atoms. The van der Waals surface area contributed by atoms with Crippen LogP contribution in [0.2, 0.25) is 0 Å². The Morgan fingerprint density at radius 3 is 2.33 bits per heavy atom. The number of alkyl halides is 1. The molecule has 0 atom stereocenters. The second kappa shape index (κ2) is 9.60. The van der Waals surface area contributed by atoms with Crippen LogP contribution in [0.4, 0.5) is 5.69 Å². The van der Waals surface area contributed by atoms with E-state index in [0.29, 0.717) is 5.91 Å². The van der Waals surface area contributed by atoms with Crippen molar-refractivity contribution in [1.29, 1.82) is 0 Å². The van der Waals surface area contributed by atoms with Gasteiger partial charge in [-0.2, -0.15) is 0 Å². The maximum Gasteiger partial charge on any atom is 0.250 e. The number of rotatable bonds is 6. The summed E-state index contributed by atoms with van der Waals surface area (Å²) >= 11 is 3.53. The Morgan fingerprint density at radius 1 is 1.07 bits per heavy atom. The maximum atomic E-state index is 13.6. The number of piperidine rings is 1. The van der Waals surface area contributed by atoms with E-state index in [2.05, 4.69) is 74.8 Å². The van der Waals surface area contributed by atoms with E-state index in [9.17, 15) is 4.79 Å². The third-order valence-corrected chi connectivity index (χ3v) is 8.53. The summed E-state index contributed by atoms with van der Waals surface area (Å²) in [5, 5.41) is 0.946. The summed E-state index contributed by atoms with van der Waals surface area (Å²) < 4.78 is 0. The van der Waals surface area contributed by atoms with Crippen molar-refractivity contribution in [2.45, 2.75) is 70.4 Å². The van der Waals surface area contributed by atoms with E-state index in [4.69, 9.17) is 0 Å². The lowest BCUT2D eigenvalue weighted by Gasteiger charge is -2.47. The van der Waals surface area contributed by atoms with E-state index in [1.807, 2.05) is 0 Å². The zero-order valence-electron chi connectivity index (χ0n) is 18.7. The van der Waals surface area contributed by atoms with Crippen LogP contribution in [0.15, 0.2) is 30.3 Å². The minimum Gasteiger partial charge on any atom is -0.339 e. The van der Waals surface area contributed by atoms with Gasteiger partial charge in [0.2, 0.25) is 5.91 Å². The SMILES string of the molecule is CC(C)[C@H]1CC[C@@H](N2CCC3(CC2)C(=O)N(CCCBr)CN3c2ccccc2)CC1. The molecule has 1 aromatic carbocycles. The summed E-state index contributed by atoms with van der Waals surface area (Å²) in [7, 11) is 0. The van der Waals surface area contributed by atoms with Crippen LogP contribution in [0.1, 0.15) is 58.8 Å². The molecule has 2 heterocycles. The normalized spacial score (nSPS) is 27.4. The molecule has 4 rings (SSSR count). The summed E-state index contributed by atoms with van der Waals surface area (Å²) in [5.74, 6) is 2.08. The van der Waals surface area contributed by atoms with Crippen molar-refractivity contribution in [2.75, 3.05) is 36.5 Å². The number of carbonyl (C=O) groups excluding carboxylic acids is 1. The Balaban J connectivity index is 1.46. The molecule has 5 heteroatoms. The van der Waals surface area contributed by atoms with Gasteiger partial charge in [0.1, 0.15) is 5.54 Å². The lowest BCUT2D eigenvalue weighted by atomic mass is 9.78. The Bertz CT molecular complexity index is 694. The molecule has 1 aromatic rings. The van der Waals surface area contributed by atoms with Gasteiger partial charge in [-0.15, -0.1) is 0 Å². The van der Waals surface area contributed by atoms with Crippen molar-refractivity contribution >= 4 is 27.5 Å². The average molecular weight is 477 g/mol. The van der Waals surface area contributed by atoms with Crippen LogP contribution >= 0.6 is 15.9 Å². The summed E-state index contributed by atoms with van der Waals surface area (Å²) in [6, 6.07) is 11.3. The van der Waals surface area contributed by atoms with E-state index in [0.717, 1.165) is 68.8 Å². The number of halogens is 1. The van der Waals surface area contributed by atoms with Gasteiger partial charge in [-0.3, -0.25) is 4.79 Å². The number of hydrogen-bond acceptors (Lipinski definition) is 3. The summed E-state index contributed by atoms with van der Waals surface area (Å²) in [4.78, 5) is 20.8. The summed E-state index contributed by atoms with van der Waals surface area (Å²) in [6.45, 7) is 8.44. The maximum absolute atomic E-state index is 13.6. The third-order valence-electron chi connectivity index (χ3n) is 7.97. The highest BCUT2D eigenvalue weighted by molar-refractivity contribution is 9.09. The number of amides is 1. The molecule has 1 saturated carbocycles. The predicted octanol–water partition coefficient (Wildman–Crippen LogP) is 5.13. The Morgan fingerprint density at radius 2 is 1.73 bits per heavy atom. The van der Waals surface area contributed by atoms with Gasteiger partial charge in [-0.05, 0) is 68.9 Å². The zero-order valence-corrected chi connectivity index (χ0v) is 20.3. The van der Waals surface area contributed by atoms with Gasteiger partial charge < -0.3 is 14.7 Å². The van der Waals surface area contributed by atoms with Crippen LogP contribution in [0.3, 0.4) is 0 Å². The number of benzene rings is 1. The van der Waals surface area contributed by atoms with Crippen molar-refractivity contribution in [3.05, 3.63) is 30.3 Å². The van der Waals surface area contributed by atoms with Crippen molar-refractivity contribution in [1.82, 2.24) is 9.80 Å². The highest BCUT2D eigenvalue weighted by Crippen LogP contribution is 2.41. The molecular weight excluding hydrogens is 438 g/mol. The van der Waals surface area contributed by atoms with Gasteiger partial charge >= 0.3 is 0 Å². The standard InChI is InChI=1S/C25H38BrN3O/c1-20(2)21-9-11-22(12-10-21)27-17-13-25(14-18-27)24(30)28(16-6-15-26)19-29(25)23-7-4-3-5-8-23/h3-5,7-8,20-22H,6,9-19H2,1-2H3/t21-,22+. The molecule has 2 saturated heterocycles. The van der Waals surface area contributed by atoms with Gasteiger partial charge in [-0.1, -0.05) is 48.0 Å². The van der Waals surface area contributed by atoms with Gasteiger partial charge in [0.25, 0.3) is 0 Å². The first kappa shape index (κ1) is 22.1. The molecule has 166 valence electrons. The second-order valence-corrected chi connectivity index (χ2v) is 10.7. The molecule has 1 aliphatic carbocycles. The number of carbonyl (C=O) groups is 1. The van der Waals surface area contributed by atoms with Gasteiger partial charge in [-0.25, -0.2) is 0 Å². The van der Waals surface area contributed by atoms with Crippen molar-refractivity contribution in [3.63, 3.8) is 0 Å². The van der Waals surface area contributed by atoms with Crippen molar-refractivity contribution in [3.8, 4) is 0 Å². The quantitative estimate of drug-likeness (QED) is 0.533. The van der Waals surface area contributed by atoms with Gasteiger partial charge in [0.15, 0.2) is 0 Å². The lowest BCUT2D eigenvalue weighted by molar-refractivity contribution is -0.133. The van der Waals surface area contributed by atoms with Crippen LogP contribution in [0, 0.1) is 11.8 Å². The van der Waals surface area contributed by atoms with E-state index in [-0.39, 0.29) is 5.54 Å². The van der Waals surface area contributed by atoms with E-state index >= 15 is 0 Å². The van der Waals surface area contributed by atoms with Crippen LogP contribution in [0.5, 0.6) is 0 Å². The molecule has 30 heavy (non-hydrogen) atoms. The molecular formula is C25H38BrN3O. The smallest absolute Gasteiger partial charge is 0.250 e. The lowest BCUT2D eigenvalue weighted by Crippen LogP contribution is -2.58. The molecule has 0 aromatic heterocycles. The van der Waals surface area contributed by atoms with Crippen LogP contribution in [-0.4, -0.2) is 58.9 Å². The zero-order chi connectivity index (χ0) is 21.1. The van der Waals surface area contributed by atoms with E-state index in [1.165, 1.54) is 31.4 Å². The average Bonchev–Trinajstić information content (AvgIpc) is 3.05. The molecule has 4 nitrogen and oxygen atoms in total. The molecule has 3 fully saturated rings. The Kier molecular flexibility index (Phi) is 7.08. The number of likely N-dealkylation sites (tertiary alicyclic amines) is 1. The van der Waals surface area contributed by atoms with Crippen LogP contribution in [-0.2, 0) is 4.79 Å². The topological polar surface area (TPSA) is 26.8 Å². The van der Waals surface area contributed by atoms with Crippen LogP contribution in [0.25, 0.3) is 0 Å². The number of hydrogen-bond donors (Lipinski definition) is 0. The molecule has 0 N–H and O–H groups in total. The fourth-order valence-corrected chi connectivity index (χ4v) is 6.27. The van der Waals surface area contributed by atoms with Crippen LogP contribution < -0.4 is 4.90 Å². The summed E-state index contributed by atoms with van der Waals surface area (Å²) in [6.07, 6.45) is 8.34. The first-order valence-electron chi connectivity index (χ1n) is 12.0.